The summed E-state index contributed by atoms with van der Waals surface area (Å²) in [6.45, 7) is 6.72. The van der Waals surface area contributed by atoms with Crippen LogP contribution in [0.1, 0.15) is 0 Å². The fraction of sp³-hybridized carbons (Fsp3) is 0.538. The molecule has 3 fully saturated rings. The molecule has 0 saturated carbocycles. The number of benzene rings is 1. The lowest BCUT2D eigenvalue weighted by molar-refractivity contribution is -0.384. The van der Waals surface area contributed by atoms with E-state index in [1.165, 1.54) is 13.1 Å². The van der Waals surface area contributed by atoms with Crippen molar-refractivity contribution < 1.29 is 4.92 Å². The van der Waals surface area contributed by atoms with Gasteiger partial charge < -0.3 is 5.32 Å². The Hall–Kier alpha value is -1.66. The largest absolute Gasteiger partial charge is 0.383 e. The van der Waals surface area contributed by atoms with Gasteiger partial charge in [-0.15, -0.1) is 0 Å². The minimum absolute atomic E-state index is 0.136. The van der Waals surface area contributed by atoms with Gasteiger partial charge in [0.05, 0.1) is 4.92 Å². The van der Waals surface area contributed by atoms with E-state index < -0.39 is 0 Å². The van der Waals surface area contributed by atoms with E-state index in [1.54, 1.807) is 24.3 Å². The Kier molecular flexibility index (Phi) is 3.35. The molecular weight excluding hydrogens is 244 g/mol. The van der Waals surface area contributed by atoms with E-state index in [4.69, 9.17) is 0 Å². The third-order valence-electron chi connectivity index (χ3n) is 4.01. The number of hydrogen-bond donors (Lipinski definition) is 1. The number of piperazine rings is 3. The van der Waals surface area contributed by atoms with E-state index in [-0.39, 0.29) is 10.6 Å². The maximum atomic E-state index is 10.6. The summed E-state index contributed by atoms with van der Waals surface area (Å²) in [4.78, 5) is 15.2. The topological polar surface area (TPSA) is 61.7 Å². The SMILES string of the molecule is O=[N+]([O-])c1ccc(NCC2CN3CCN2CC3)cc1. The van der Waals surface area contributed by atoms with Gasteiger partial charge in [-0.05, 0) is 12.1 Å². The summed E-state index contributed by atoms with van der Waals surface area (Å²) in [5, 5.41) is 14.0. The summed E-state index contributed by atoms with van der Waals surface area (Å²) < 4.78 is 0. The van der Waals surface area contributed by atoms with Crippen LogP contribution in [0.4, 0.5) is 11.4 Å². The smallest absolute Gasteiger partial charge is 0.269 e. The summed E-state index contributed by atoms with van der Waals surface area (Å²) in [7, 11) is 0. The highest BCUT2D eigenvalue weighted by Gasteiger charge is 2.31. The summed E-state index contributed by atoms with van der Waals surface area (Å²) in [5.74, 6) is 0. The molecule has 0 aliphatic carbocycles. The van der Waals surface area contributed by atoms with Gasteiger partial charge in [0.2, 0.25) is 0 Å². The first-order chi connectivity index (χ1) is 9.22. The molecule has 102 valence electrons. The molecule has 3 aliphatic heterocycles. The highest BCUT2D eigenvalue weighted by molar-refractivity contribution is 5.48. The van der Waals surface area contributed by atoms with E-state index >= 15 is 0 Å². The van der Waals surface area contributed by atoms with Gasteiger partial charge in [-0.3, -0.25) is 19.9 Å². The van der Waals surface area contributed by atoms with Crippen LogP contribution in [0.15, 0.2) is 24.3 Å². The van der Waals surface area contributed by atoms with Crippen molar-refractivity contribution in [2.75, 3.05) is 44.6 Å². The van der Waals surface area contributed by atoms with Gasteiger partial charge in [-0.1, -0.05) is 0 Å². The molecule has 3 saturated heterocycles. The first-order valence-corrected chi connectivity index (χ1v) is 6.67. The standard InChI is InChI=1S/C13H18N4O2/c18-17(19)12-3-1-11(2-4-12)14-9-13-10-15-5-7-16(13)8-6-15/h1-4,13-14H,5-10H2. The summed E-state index contributed by atoms with van der Waals surface area (Å²) in [6.07, 6.45) is 0. The first-order valence-electron chi connectivity index (χ1n) is 6.67. The second-order valence-electron chi connectivity index (χ2n) is 5.18. The first kappa shape index (κ1) is 12.4. The van der Waals surface area contributed by atoms with Crippen molar-refractivity contribution in [3.05, 3.63) is 34.4 Å². The van der Waals surface area contributed by atoms with Crippen molar-refractivity contribution in [3.63, 3.8) is 0 Å². The number of nitrogens with zero attached hydrogens (tertiary/aromatic N) is 3. The van der Waals surface area contributed by atoms with Crippen LogP contribution >= 0.6 is 0 Å². The Morgan fingerprint density at radius 2 is 1.89 bits per heavy atom. The van der Waals surface area contributed by atoms with Crippen molar-refractivity contribution in [1.82, 2.24) is 9.80 Å². The lowest BCUT2D eigenvalue weighted by atomic mass is 10.1. The number of nitrogens with one attached hydrogen (secondary N) is 1. The Labute approximate surface area is 112 Å². The van der Waals surface area contributed by atoms with Crippen LogP contribution in [-0.2, 0) is 0 Å². The molecule has 4 rings (SSSR count). The van der Waals surface area contributed by atoms with Crippen molar-refractivity contribution in [1.29, 1.82) is 0 Å². The highest BCUT2D eigenvalue weighted by Crippen LogP contribution is 2.18. The molecule has 0 spiro atoms. The maximum Gasteiger partial charge on any atom is 0.269 e. The third kappa shape index (κ3) is 2.69. The van der Waals surface area contributed by atoms with Crippen molar-refractivity contribution >= 4 is 11.4 Å². The van der Waals surface area contributed by atoms with E-state index in [2.05, 4.69) is 15.1 Å². The minimum atomic E-state index is -0.372. The number of non-ortho nitro benzene ring substituents is 1. The molecule has 1 atom stereocenters. The number of fused-ring (bicyclic) bond motifs is 3. The lowest BCUT2D eigenvalue weighted by Gasteiger charge is -2.47. The fourth-order valence-electron chi connectivity index (χ4n) is 2.85. The van der Waals surface area contributed by atoms with Crippen LogP contribution in [-0.4, -0.2) is 60.0 Å². The fourth-order valence-corrected chi connectivity index (χ4v) is 2.85. The molecule has 19 heavy (non-hydrogen) atoms. The molecule has 0 radical (unpaired) electrons. The van der Waals surface area contributed by atoms with E-state index in [1.807, 2.05) is 0 Å². The molecule has 1 N–H and O–H groups in total. The van der Waals surface area contributed by atoms with Crippen LogP contribution < -0.4 is 5.32 Å². The summed E-state index contributed by atoms with van der Waals surface area (Å²) >= 11 is 0. The average molecular weight is 262 g/mol. The van der Waals surface area contributed by atoms with E-state index in [9.17, 15) is 10.1 Å². The van der Waals surface area contributed by atoms with Gasteiger partial charge in [-0.2, -0.15) is 0 Å². The molecule has 6 nitrogen and oxygen atoms in total. The monoisotopic (exact) mass is 262 g/mol. The molecule has 0 aromatic heterocycles. The summed E-state index contributed by atoms with van der Waals surface area (Å²) in [5.41, 5.74) is 1.08. The second kappa shape index (κ2) is 5.14. The van der Waals surface area contributed by atoms with Gasteiger partial charge >= 0.3 is 0 Å². The number of rotatable bonds is 4. The number of hydrogen-bond acceptors (Lipinski definition) is 5. The Balaban J connectivity index is 1.56. The van der Waals surface area contributed by atoms with Crippen LogP contribution in [0.3, 0.4) is 0 Å². The predicted octanol–water partition coefficient (Wildman–Crippen LogP) is 1.01. The van der Waals surface area contributed by atoms with Gasteiger partial charge in [0.25, 0.3) is 5.69 Å². The predicted molar refractivity (Wildman–Crippen MR) is 73.4 cm³/mol. The third-order valence-corrected chi connectivity index (χ3v) is 4.01. The Morgan fingerprint density at radius 3 is 2.42 bits per heavy atom. The van der Waals surface area contributed by atoms with Crippen molar-refractivity contribution in [2.45, 2.75) is 6.04 Å². The molecule has 3 aliphatic rings. The van der Waals surface area contributed by atoms with E-state index in [0.29, 0.717) is 6.04 Å². The van der Waals surface area contributed by atoms with Crippen LogP contribution in [0.25, 0.3) is 0 Å². The number of anilines is 1. The molecule has 1 aromatic rings. The quantitative estimate of drug-likeness (QED) is 0.648. The molecule has 1 unspecified atom stereocenters. The number of nitro groups is 1. The van der Waals surface area contributed by atoms with Crippen LogP contribution in [0.5, 0.6) is 0 Å². The van der Waals surface area contributed by atoms with Gasteiger partial charge in [0, 0.05) is 63.1 Å². The van der Waals surface area contributed by atoms with Crippen molar-refractivity contribution in [3.8, 4) is 0 Å². The van der Waals surface area contributed by atoms with Gasteiger partial charge in [0.1, 0.15) is 0 Å². The second-order valence-corrected chi connectivity index (χ2v) is 5.18. The molecule has 6 heteroatoms. The van der Waals surface area contributed by atoms with Crippen LogP contribution in [0.2, 0.25) is 0 Å². The zero-order valence-electron chi connectivity index (χ0n) is 10.8. The zero-order chi connectivity index (χ0) is 13.2. The molecule has 2 bridgehead atoms. The number of nitro benzene ring substituents is 1. The zero-order valence-corrected chi connectivity index (χ0v) is 10.8. The average Bonchev–Trinajstić information content (AvgIpc) is 2.47. The Bertz CT molecular complexity index is 454. The van der Waals surface area contributed by atoms with Gasteiger partial charge in [-0.25, -0.2) is 0 Å². The highest BCUT2D eigenvalue weighted by atomic mass is 16.6. The normalized spacial score (nSPS) is 29.2. The van der Waals surface area contributed by atoms with E-state index in [0.717, 1.165) is 31.9 Å². The molecular formula is C13H18N4O2. The molecule has 3 heterocycles. The molecule has 0 amide bonds. The molecule has 1 aromatic carbocycles. The maximum absolute atomic E-state index is 10.6. The summed E-state index contributed by atoms with van der Waals surface area (Å²) in [6, 6.07) is 7.18. The van der Waals surface area contributed by atoms with Gasteiger partial charge in [0.15, 0.2) is 0 Å². The lowest BCUT2D eigenvalue weighted by Crippen LogP contribution is -2.62. The Morgan fingerprint density at radius 1 is 1.21 bits per heavy atom. The minimum Gasteiger partial charge on any atom is -0.383 e. The van der Waals surface area contributed by atoms with Crippen molar-refractivity contribution in [2.24, 2.45) is 0 Å². The van der Waals surface area contributed by atoms with Crippen LogP contribution in [0, 0.1) is 10.1 Å².